The van der Waals surface area contributed by atoms with Gasteiger partial charge in [-0.2, -0.15) is 0 Å². The van der Waals surface area contributed by atoms with Crippen molar-refractivity contribution in [2.45, 2.75) is 32.8 Å². The van der Waals surface area contributed by atoms with Gasteiger partial charge in [0.15, 0.2) is 0 Å². The second kappa shape index (κ2) is 5.00. The minimum atomic E-state index is -0.173. The average molecular weight is 193 g/mol. The van der Waals surface area contributed by atoms with Crippen molar-refractivity contribution in [3.8, 4) is 0 Å². The molecule has 0 heterocycles. The fraction of sp³-hybridized carbons (Fsp3) is 0.714. The van der Waals surface area contributed by atoms with Gasteiger partial charge in [0, 0.05) is 0 Å². The normalized spacial score (nSPS) is 15.8. The van der Waals surface area contributed by atoms with E-state index in [2.05, 4.69) is 22.0 Å². The minimum absolute atomic E-state index is 0.173. The first kappa shape index (κ1) is 9.18. The fourth-order valence-corrected chi connectivity index (χ4v) is 0.752. The molecule has 0 bridgehead atoms. The molecule has 1 N–H and O–H groups in total. The van der Waals surface area contributed by atoms with Crippen LogP contribution < -0.4 is 0 Å². The standard InChI is InChI=1S/C7H13BrO/c1-6(8)4-3-5-7(2)9/h4,7,9H,3,5H2,1-2H3/b6-4-. The van der Waals surface area contributed by atoms with E-state index in [9.17, 15) is 0 Å². The molecule has 0 rings (SSSR count). The molecule has 0 radical (unpaired) electrons. The smallest absolute Gasteiger partial charge is 0.0515 e. The van der Waals surface area contributed by atoms with Gasteiger partial charge in [-0.15, -0.1) is 0 Å². The zero-order valence-electron chi connectivity index (χ0n) is 5.89. The molecule has 0 aromatic carbocycles. The molecule has 0 amide bonds. The fourth-order valence-electron chi connectivity index (χ4n) is 0.523. The summed E-state index contributed by atoms with van der Waals surface area (Å²) in [7, 11) is 0. The molecular formula is C7H13BrO. The summed E-state index contributed by atoms with van der Waals surface area (Å²) in [6, 6.07) is 0. The summed E-state index contributed by atoms with van der Waals surface area (Å²) in [5.41, 5.74) is 0. The molecule has 0 fully saturated rings. The van der Waals surface area contributed by atoms with Crippen LogP contribution in [0, 0.1) is 0 Å². The number of aliphatic hydroxyl groups excluding tert-OH is 1. The first-order valence-electron chi connectivity index (χ1n) is 3.13. The Morgan fingerprint density at radius 2 is 2.33 bits per heavy atom. The molecule has 0 aliphatic carbocycles. The van der Waals surface area contributed by atoms with Crippen LogP contribution in [0.1, 0.15) is 26.7 Å². The molecule has 1 nitrogen and oxygen atoms in total. The van der Waals surface area contributed by atoms with E-state index in [0.717, 1.165) is 17.3 Å². The molecule has 0 spiro atoms. The summed E-state index contributed by atoms with van der Waals surface area (Å²) >= 11 is 3.30. The second-order valence-corrected chi connectivity index (χ2v) is 3.47. The maximum absolute atomic E-state index is 8.82. The van der Waals surface area contributed by atoms with Gasteiger partial charge >= 0.3 is 0 Å². The van der Waals surface area contributed by atoms with E-state index >= 15 is 0 Å². The molecule has 2 heteroatoms. The van der Waals surface area contributed by atoms with Crippen molar-refractivity contribution < 1.29 is 5.11 Å². The second-order valence-electron chi connectivity index (χ2n) is 2.22. The lowest BCUT2D eigenvalue weighted by Crippen LogP contribution is -1.96. The van der Waals surface area contributed by atoms with Crippen LogP contribution in [-0.2, 0) is 0 Å². The van der Waals surface area contributed by atoms with Gasteiger partial charge in [-0.1, -0.05) is 22.0 Å². The van der Waals surface area contributed by atoms with Crippen LogP contribution in [0.2, 0.25) is 0 Å². The van der Waals surface area contributed by atoms with Crippen molar-refractivity contribution in [2.24, 2.45) is 0 Å². The lowest BCUT2D eigenvalue weighted by Gasteiger charge is -1.98. The van der Waals surface area contributed by atoms with Crippen LogP contribution in [0.5, 0.6) is 0 Å². The van der Waals surface area contributed by atoms with E-state index in [4.69, 9.17) is 5.11 Å². The Bertz CT molecular complexity index is 93.1. The summed E-state index contributed by atoms with van der Waals surface area (Å²) in [4.78, 5) is 0. The molecule has 0 aliphatic rings. The predicted octanol–water partition coefficient (Wildman–Crippen LogP) is 2.45. The zero-order valence-corrected chi connectivity index (χ0v) is 7.48. The van der Waals surface area contributed by atoms with Crippen LogP contribution in [0.15, 0.2) is 10.6 Å². The molecule has 0 aliphatic heterocycles. The molecule has 0 saturated heterocycles. The van der Waals surface area contributed by atoms with Crippen molar-refractivity contribution in [2.75, 3.05) is 0 Å². The van der Waals surface area contributed by atoms with Gasteiger partial charge in [-0.25, -0.2) is 0 Å². The predicted molar refractivity (Wildman–Crippen MR) is 43.6 cm³/mol. The van der Waals surface area contributed by atoms with Gasteiger partial charge in [0.05, 0.1) is 6.10 Å². The Morgan fingerprint density at radius 3 is 2.67 bits per heavy atom. The summed E-state index contributed by atoms with van der Waals surface area (Å²) in [6.07, 6.45) is 3.69. The highest BCUT2D eigenvalue weighted by Gasteiger charge is 1.91. The summed E-state index contributed by atoms with van der Waals surface area (Å²) in [6.45, 7) is 3.79. The Morgan fingerprint density at radius 1 is 1.78 bits per heavy atom. The monoisotopic (exact) mass is 192 g/mol. The summed E-state index contributed by atoms with van der Waals surface area (Å²) < 4.78 is 1.14. The molecule has 0 saturated carbocycles. The largest absolute Gasteiger partial charge is 0.393 e. The third-order valence-electron chi connectivity index (χ3n) is 1.01. The highest BCUT2D eigenvalue weighted by molar-refractivity contribution is 9.11. The van der Waals surface area contributed by atoms with Gasteiger partial charge in [0.25, 0.3) is 0 Å². The van der Waals surface area contributed by atoms with Gasteiger partial charge in [0.1, 0.15) is 0 Å². The molecule has 9 heavy (non-hydrogen) atoms. The third-order valence-corrected chi connectivity index (χ3v) is 1.33. The highest BCUT2D eigenvalue weighted by Crippen LogP contribution is 2.06. The van der Waals surface area contributed by atoms with Gasteiger partial charge in [-0.3, -0.25) is 0 Å². The van der Waals surface area contributed by atoms with Crippen LogP contribution in [0.3, 0.4) is 0 Å². The van der Waals surface area contributed by atoms with Gasteiger partial charge < -0.3 is 5.11 Å². The Balaban J connectivity index is 3.20. The number of allylic oxidation sites excluding steroid dienone is 2. The highest BCUT2D eigenvalue weighted by atomic mass is 79.9. The SMILES string of the molecule is C/C(Br)=C/CCC(C)O. The number of halogens is 1. The van der Waals surface area contributed by atoms with Crippen LogP contribution in [-0.4, -0.2) is 11.2 Å². The molecular weight excluding hydrogens is 180 g/mol. The number of hydrogen-bond acceptors (Lipinski definition) is 1. The zero-order chi connectivity index (χ0) is 7.28. The van der Waals surface area contributed by atoms with E-state index in [-0.39, 0.29) is 6.10 Å². The van der Waals surface area contributed by atoms with Crippen LogP contribution in [0.4, 0.5) is 0 Å². The topological polar surface area (TPSA) is 20.2 Å². The van der Waals surface area contributed by atoms with Crippen molar-refractivity contribution in [1.82, 2.24) is 0 Å². The lowest BCUT2D eigenvalue weighted by atomic mass is 10.2. The Labute approximate surface area is 64.9 Å². The van der Waals surface area contributed by atoms with Gasteiger partial charge in [0.2, 0.25) is 0 Å². The number of hydrogen-bond donors (Lipinski definition) is 1. The minimum Gasteiger partial charge on any atom is -0.393 e. The Hall–Kier alpha value is 0.180. The van der Waals surface area contributed by atoms with E-state index < -0.39 is 0 Å². The maximum atomic E-state index is 8.82. The Kier molecular flexibility index (Phi) is 5.10. The van der Waals surface area contributed by atoms with Crippen molar-refractivity contribution in [3.63, 3.8) is 0 Å². The lowest BCUT2D eigenvalue weighted by molar-refractivity contribution is 0.186. The first-order valence-corrected chi connectivity index (χ1v) is 3.92. The summed E-state index contributed by atoms with van der Waals surface area (Å²) in [5, 5.41) is 8.82. The van der Waals surface area contributed by atoms with E-state index in [1.54, 1.807) is 6.92 Å². The van der Waals surface area contributed by atoms with Crippen LogP contribution >= 0.6 is 15.9 Å². The number of aliphatic hydroxyl groups is 1. The van der Waals surface area contributed by atoms with Gasteiger partial charge in [-0.05, 0) is 31.2 Å². The first-order chi connectivity index (χ1) is 4.13. The van der Waals surface area contributed by atoms with Crippen LogP contribution in [0.25, 0.3) is 0 Å². The van der Waals surface area contributed by atoms with E-state index in [1.807, 2.05) is 6.92 Å². The average Bonchev–Trinajstić information content (AvgIpc) is 1.63. The quantitative estimate of drug-likeness (QED) is 0.729. The van der Waals surface area contributed by atoms with Crippen molar-refractivity contribution in [1.29, 1.82) is 0 Å². The molecule has 0 aromatic rings. The van der Waals surface area contributed by atoms with Crippen molar-refractivity contribution in [3.05, 3.63) is 10.6 Å². The maximum Gasteiger partial charge on any atom is 0.0515 e. The third kappa shape index (κ3) is 8.18. The number of rotatable bonds is 3. The van der Waals surface area contributed by atoms with Crippen molar-refractivity contribution >= 4 is 15.9 Å². The molecule has 54 valence electrons. The molecule has 0 aromatic heterocycles. The molecule has 1 atom stereocenters. The van der Waals surface area contributed by atoms with E-state index in [0.29, 0.717) is 0 Å². The molecule has 1 unspecified atom stereocenters. The van der Waals surface area contributed by atoms with E-state index in [1.165, 1.54) is 0 Å². The summed E-state index contributed by atoms with van der Waals surface area (Å²) in [5.74, 6) is 0.